The molecule has 2 atom stereocenters. The number of aliphatic carboxylic acids is 2. The summed E-state index contributed by atoms with van der Waals surface area (Å²) in [6.45, 7) is 6.79. The van der Waals surface area contributed by atoms with E-state index in [0.717, 1.165) is 0 Å². The van der Waals surface area contributed by atoms with E-state index in [9.17, 15) is 9.59 Å². The van der Waals surface area contributed by atoms with Gasteiger partial charge in [-0.15, -0.1) is 0 Å². The molecule has 92 valence electrons. The predicted molar refractivity (Wildman–Crippen MR) is 57.4 cm³/mol. The van der Waals surface area contributed by atoms with Crippen LogP contribution >= 0.6 is 0 Å². The Morgan fingerprint density at radius 3 is 1.19 bits per heavy atom. The number of azo groups is 1. The lowest BCUT2D eigenvalue weighted by Gasteiger charge is -2.13. The molecule has 0 aromatic rings. The molecule has 0 bridgehead atoms. The number of rotatable bonds is 6. The van der Waals surface area contributed by atoms with Crippen LogP contribution in [0.5, 0.6) is 0 Å². The second-order valence-electron chi connectivity index (χ2n) is 4.29. The fraction of sp³-hybridized carbons (Fsp3) is 0.800. The fourth-order valence-electron chi connectivity index (χ4n) is 1.08. The number of carboxylic acid groups (broad SMARTS) is 2. The zero-order valence-corrected chi connectivity index (χ0v) is 9.91. The molecule has 2 N–H and O–H groups in total. The summed E-state index contributed by atoms with van der Waals surface area (Å²) in [4.78, 5) is 21.6. The van der Waals surface area contributed by atoms with Crippen molar-refractivity contribution in [3.63, 3.8) is 0 Å². The molecule has 0 amide bonds. The summed E-state index contributed by atoms with van der Waals surface area (Å²) in [5.74, 6) is -2.62. The van der Waals surface area contributed by atoms with E-state index < -0.39 is 24.0 Å². The van der Waals surface area contributed by atoms with Gasteiger partial charge in [-0.3, -0.25) is 0 Å². The van der Waals surface area contributed by atoms with Crippen molar-refractivity contribution in [1.82, 2.24) is 0 Å². The molecule has 0 radical (unpaired) electrons. The molecule has 0 spiro atoms. The van der Waals surface area contributed by atoms with Gasteiger partial charge < -0.3 is 10.2 Å². The molecule has 0 saturated carbocycles. The SMILES string of the molecule is CC(C)C(N=NC(C(=O)O)C(C)C)C(=O)O. The smallest absolute Gasteiger partial charge is 0.330 e. The summed E-state index contributed by atoms with van der Waals surface area (Å²) >= 11 is 0. The number of nitrogens with zero attached hydrogens (tertiary/aromatic N) is 2. The van der Waals surface area contributed by atoms with Crippen LogP contribution in [0.2, 0.25) is 0 Å². The normalized spacial score (nSPS) is 15.6. The Hall–Kier alpha value is -1.46. The minimum absolute atomic E-state index is 0.220. The molecular weight excluding hydrogens is 212 g/mol. The van der Waals surface area contributed by atoms with E-state index in [0.29, 0.717) is 0 Å². The van der Waals surface area contributed by atoms with Crippen molar-refractivity contribution in [2.45, 2.75) is 39.8 Å². The molecule has 0 aromatic carbocycles. The molecule has 0 fully saturated rings. The van der Waals surface area contributed by atoms with Gasteiger partial charge in [0.15, 0.2) is 12.1 Å². The van der Waals surface area contributed by atoms with Gasteiger partial charge in [0.05, 0.1) is 0 Å². The van der Waals surface area contributed by atoms with Crippen molar-refractivity contribution in [2.24, 2.45) is 22.1 Å². The second kappa shape index (κ2) is 6.19. The quantitative estimate of drug-likeness (QED) is 0.677. The van der Waals surface area contributed by atoms with E-state index in [1.54, 1.807) is 27.7 Å². The summed E-state index contributed by atoms with van der Waals surface area (Å²) in [6, 6.07) is -1.97. The number of carboxylic acids is 2. The topological polar surface area (TPSA) is 99.3 Å². The van der Waals surface area contributed by atoms with Crippen LogP contribution < -0.4 is 0 Å². The van der Waals surface area contributed by atoms with E-state index >= 15 is 0 Å². The Kier molecular flexibility index (Phi) is 5.63. The van der Waals surface area contributed by atoms with Gasteiger partial charge in [-0.1, -0.05) is 27.7 Å². The van der Waals surface area contributed by atoms with Crippen LogP contribution in [0, 0.1) is 11.8 Å². The van der Waals surface area contributed by atoms with Crippen molar-refractivity contribution in [3.05, 3.63) is 0 Å². The van der Waals surface area contributed by atoms with Crippen LogP contribution in [0.15, 0.2) is 10.2 Å². The Labute approximate surface area is 94.4 Å². The van der Waals surface area contributed by atoms with Gasteiger partial charge in [0.25, 0.3) is 0 Å². The Bertz CT molecular complexity index is 259. The molecular formula is C10H18N2O4. The third kappa shape index (κ3) is 4.37. The molecule has 0 aromatic heterocycles. The predicted octanol–water partition coefficient (Wildman–Crippen LogP) is 1.66. The van der Waals surface area contributed by atoms with Crippen LogP contribution in [0.4, 0.5) is 0 Å². The zero-order chi connectivity index (χ0) is 12.9. The maximum atomic E-state index is 10.8. The lowest BCUT2D eigenvalue weighted by atomic mass is 10.1. The van der Waals surface area contributed by atoms with Crippen LogP contribution in [-0.2, 0) is 9.59 Å². The highest BCUT2D eigenvalue weighted by atomic mass is 16.4. The fourth-order valence-corrected chi connectivity index (χ4v) is 1.08. The molecule has 0 heterocycles. The first kappa shape index (κ1) is 14.5. The Balaban J connectivity index is 4.76. The maximum absolute atomic E-state index is 10.8. The lowest BCUT2D eigenvalue weighted by molar-refractivity contribution is -0.141. The number of hydrogen-bond donors (Lipinski definition) is 2. The molecule has 2 unspecified atom stereocenters. The number of carbonyl (C=O) groups is 2. The standard InChI is InChI=1S/C10H18N2O4/c1-5(2)7(9(13)14)11-12-8(6(3)4)10(15)16/h5-8H,1-4H3,(H,13,14)(H,15,16). The monoisotopic (exact) mass is 230 g/mol. The average Bonchev–Trinajstić information content (AvgIpc) is 2.09. The molecule has 0 aliphatic rings. The van der Waals surface area contributed by atoms with Gasteiger partial charge in [0, 0.05) is 0 Å². The Morgan fingerprint density at radius 1 is 0.812 bits per heavy atom. The summed E-state index contributed by atoms with van der Waals surface area (Å²) in [6.07, 6.45) is 0. The first-order valence-corrected chi connectivity index (χ1v) is 5.13. The minimum atomic E-state index is -1.09. The largest absolute Gasteiger partial charge is 0.480 e. The minimum Gasteiger partial charge on any atom is -0.480 e. The Morgan fingerprint density at radius 2 is 1.06 bits per heavy atom. The van der Waals surface area contributed by atoms with E-state index in [2.05, 4.69) is 10.2 Å². The zero-order valence-electron chi connectivity index (χ0n) is 9.91. The van der Waals surface area contributed by atoms with Gasteiger partial charge in [0.2, 0.25) is 0 Å². The van der Waals surface area contributed by atoms with Gasteiger partial charge in [-0.25, -0.2) is 9.59 Å². The van der Waals surface area contributed by atoms with Crippen molar-refractivity contribution in [2.75, 3.05) is 0 Å². The van der Waals surface area contributed by atoms with E-state index in [4.69, 9.17) is 10.2 Å². The van der Waals surface area contributed by atoms with Crippen LogP contribution in [0.3, 0.4) is 0 Å². The summed E-state index contributed by atoms with van der Waals surface area (Å²) in [5, 5.41) is 24.9. The third-order valence-electron chi connectivity index (χ3n) is 2.08. The lowest BCUT2D eigenvalue weighted by Crippen LogP contribution is -2.27. The first-order valence-electron chi connectivity index (χ1n) is 5.13. The van der Waals surface area contributed by atoms with Crippen LogP contribution in [0.1, 0.15) is 27.7 Å². The molecule has 0 saturated heterocycles. The molecule has 16 heavy (non-hydrogen) atoms. The van der Waals surface area contributed by atoms with E-state index in [1.807, 2.05) is 0 Å². The van der Waals surface area contributed by atoms with Crippen LogP contribution in [0.25, 0.3) is 0 Å². The molecule has 6 nitrogen and oxygen atoms in total. The molecule has 0 aliphatic carbocycles. The first-order chi connectivity index (χ1) is 7.27. The highest BCUT2D eigenvalue weighted by Crippen LogP contribution is 2.12. The molecule has 6 heteroatoms. The van der Waals surface area contributed by atoms with E-state index in [1.165, 1.54) is 0 Å². The van der Waals surface area contributed by atoms with Crippen molar-refractivity contribution in [1.29, 1.82) is 0 Å². The summed E-state index contributed by atoms with van der Waals surface area (Å²) in [7, 11) is 0. The van der Waals surface area contributed by atoms with Crippen molar-refractivity contribution < 1.29 is 19.8 Å². The summed E-state index contributed by atoms with van der Waals surface area (Å²) in [5.41, 5.74) is 0. The van der Waals surface area contributed by atoms with Gasteiger partial charge in [-0.2, -0.15) is 10.2 Å². The number of hydrogen-bond acceptors (Lipinski definition) is 4. The van der Waals surface area contributed by atoms with E-state index in [-0.39, 0.29) is 11.8 Å². The van der Waals surface area contributed by atoms with Gasteiger partial charge >= 0.3 is 11.9 Å². The highest BCUT2D eigenvalue weighted by Gasteiger charge is 2.24. The molecule has 0 rings (SSSR count). The highest BCUT2D eigenvalue weighted by molar-refractivity contribution is 5.75. The molecule has 0 aliphatic heterocycles. The average molecular weight is 230 g/mol. The van der Waals surface area contributed by atoms with Crippen LogP contribution in [-0.4, -0.2) is 34.2 Å². The van der Waals surface area contributed by atoms with Gasteiger partial charge in [-0.05, 0) is 11.8 Å². The van der Waals surface area contributed by atoms with Gasteiger partial charge in [0.1, 0.15) is 0 Å². The second-order valence-corrected chi connectivity index (χ2v) is 4.29. The third-order valence-corrected chi connectivity index (χ3v) is 2.08. The summed E-state index contributed by atoms with van der Waals surface area (Å²) < 4.78 is 0. The maximum Gasteiger partial charge on any atom is 0.330 e. The van der Waals surface area contributed by atoms with Crippen molar-refractivity contribution >= 4 is 11.9 Å². The van der Waals surface area contributed by atoms with Crippen molar-refractivity contribution in [3.8, 4) is 0 Å².